The number of aromatic nitrogens is 1. The van der Waals surface area contributed by atoms with Gasteiger partial charge in [-0.2, -0.15) is 0 Å². The van der Waals surface area contributed by atoms with Crippen LogP contribution in [-0.2, 0) is 17.9 Å². The van der Waals surface area contributed by atoms with Crippen LogP contribution in [0.2, 0.25) is 0 Å². The molecule has 0 saturated carbocycles. The molecule has 1 amide bonds. The molecule has 17 heavy (non-hydrogen) atoms. The summed E-state index contributed by atoms with van der Waals surface area (Å²) in [6.45, 7) is 2.87. The van der Waals surface area contributed by atoms with Gasteiger partial charge < -0.3 is 15.0 Å². The molecule has 0 atom stereocenters. The molecule has 0 bridgehead atoms. The molecule has 0 spiro atoms. The van der Waals surface area contributed by atoms with E-state index in [1.54, 1.807) is 0 Å². The minimum atomic E-state index is -0.000554. The molecule has 0 unspecified atom stereocenters. The number of fused-ring (bicyclic) bond motifs is 1. The van der Waals surface area contributed by atoms with Crippen LogP contribution in [0.25, 0.3) is 10.9 Å². The lowest BCUT2D eigenvalue weighted by Crippen LogP contribution is -2.26. The molecule has 2 N–H and O–H groups in total. The van der Waals surface area contributed by atoms with Gasteiger partial charge in [0.1, 0.15) is 6.54 Å². The first-order valence-corrected chi connectivity index (χ1v) is 5.70. The average molecular weight is 232 g/mol. The molecule has 0 aliphatic carbocycles. The molecule has 0 aliphatic heterocycles. The number of nitrogens with zero attached hydrogens (tertiary/aromatic N) is 1. The van der Waals surface area contributed by atoms with Crippen LogP contribution < -0.4 is 5.32 Å². The van der Waals surface area contributed by atoms with E-state index in [4.69, 9.17) is 5.11 Å². The van der Waals surface area contributed by atoms with Gasteiger partial charge in [0.25, 0.3) is 0 Å². The van der Waals surface area contributed by atoms with Crippen molar-refractivity contribution in [1.29, 1.82) is 0 Å². The van der Waals surface area contributed by atoms with Crippen LogP contribution in [0.1, 0.15) is 12.5 Å². The van der Waals surface area contributed by atoms with E-state index in [9.17, 15) is 4.79 Å². The fourth-order valence-corrected chi connectivity index (χ4v) is 1.87. The lowest BCUT2D eigenvalue weighted by Gasteiger charge is -2.06. The third-order valence-electron chi connectivity index (χ3n) is 2.71. The highest BCUT2D eigenvalue weighted by molar-refractivity contribution is 5.83. The Morgan fingerprint density at radius 2 is 2.24 bits per heavy atom. The van der Waals surface area contributed by atoms with Crippen molar-refractivity contribution < 1.29 is 9.90 Å². The predicted octanol–water partition coefficient (Wildman–Crippen LogP) is 1.27. The number of hydrogen-bond acceptors (Lipinski definition) is 2. The van der Waals surface area contributed by atoms with E-state index < -0.39 is 0 Å². The maximum absolute atomic E-state index is 11.5. The van der Waals surface area contributed by atoms with Gasteiger partial charge in [-0.15, -0.1) is 0 Å². The number of aliphatic hydroxyl groups excluding tert-OH is 1. The van der Waals surface area contributed by atoms with Crippen molar-refractivity contribution in [1.82, 2.24) is 9.88 Å². The summed E-state index contributed by atoms with van der Waals surface area (Å²) in [4.78, 5) is 11.5. The Bertz CT molecular complexity index is 531. The third kappa shape index (κ3) is 2.47. The maximum atomic E-state index is 11.5. The van der Waals surface area contributed by atoms with Gasteiger partial charge in [-0.3, -0.25) is 4.79 Å². The number of likely N-dealkylation sites (N-methyl/N-ethyl adjacent to an activating group) is 1. The van der Waals surface area contributed by atoms with E-state index in [2.05, 4.69) is 5.32 Å². The molecule has 0 saturated heterocycles. The van der Waals surface area contributed by atoms with Crippen LogP contribution in [-0.4, -0.2) is 22.1 Å². The Morgan fingerprint density at radius 3 is 2.94 bits per heavy atom. The normalized spacial score (nSPS) is 10.7. The Labute approximate surface area is 99.9 Å². The van der Waals surface area contributed by atoms with E-state index >= 15 is 0 Å². The van der Waals surface area contributed by atoms with Crippen LogP contribution in [0.3, 0.4) is 0 Å². The molecule has 0 aliphatic rings. The zero-order valence-corrected chi connectivity index (χ0v) is 9.81. The number of carbonyl (C=O) groups is 1. The largest absolute Gasteiger partial charge is 0.392 e. The molecule has 4 nitrogen and oxygen atoms in total. The van der Waals surface area contributed by atoms with Gasteiger partial charge in [-0.25, -0.2) is 0 Å². The maximum Gasteiger partial charge on any atom is 0.239 e. The van der Waals surface area contributed by atoms with Crippen LogP contribution in [0.15, 0.2) is 30.5 Å². The fourth-order valence-electron chi connectivity index (χ4n) is 1.87. The summed E-state index contributed by atoms with van der Waals surface area (Å²) in [5.41, 5.74) is 1.83. The van der Waals surface area contributed by atoms with E-state index in [-0.39, 0.29) is 12.5 Å². The summed E-state index contributed by atoms with van der Waals surface area (Å²) < 4.78 is 1.89. The molecule has 90 valence electrons. The quantitative estimate of drug-likeness (QED) is 0.834. The van der Waals surface area contributed by atoms with Crippen LogP contribution in [0.5, 0.6) is 0 Å². The Kier molecular flexibility index (Phi) is 3.44. The smallest absolute Gasteiger partial charge is 0.239 e. The van der Waals surface area contributed by atoms with Crippen molar-refractivity contribution in [2.75, 3.05) is 6.54 Å². The van der Waals surface area contributed by atoms with Gasteiger partial charge in [0.2, 0.25) is 5.91 Å². The molecule has 1 aromatic heterocycles. The number of carbonyl (C=O) groups excluding carboxylic acids is 1. The molecule has 1 aromatic carbocycles. The molecule has 4 heteroatoms. The second kappa shape index (κ2) is 5.01. The highest BCUT2D eigenvalue weighted by atomic mass is 16.3. The number of nitrogens with one attached hydrogen (secondary N) is 1. The second-order valence-corrected chi connectivity index (χ2v) is 3.95. The summed E-state index contributed by atoms with van der Waals surface area (Å²) in [5.74, 6) is -0.000554. The first-order valence-electron chi connectivity index (χ1n) is 5.70. The van der Waals surface area contributed by atoms with Crippen molar-refractivity contribution in [3.8, 4) is 0 Å². The van der Waals surface area contributed by atoms with E-state index in [1.807, 2.05) is 42.0 Å². The van der Waals surface area contributed by atoms with Gasteiger partial charge in [0.15, 0.2) is 0 Å². The summed E-state index contributed by atoms with van der Waals surface area (Å²) in [7, 11) is 0. The van der Waals surface area contributed by atoms with E-state index in [0.29, 0.717) is 13.1 Å². The van der Waals surface area contributed by atoms with Crippen molar-refractivity contribution in [3.63, 3.8) is 0 Å². The fraction of sp³-hybridized carbons (Fsp3) is 0.308. The topological polar surface area (TPSA) is 54.3 Å². The summed E-state index contributed by atoms with van der Waals surface area (Å²) in [6.07, 6.45) is 1.89. The highest BCUT2D eigenvalue weighted by Gasteiger charge is 2.05. The monoisotopic (exact) mass is 232 g/mol. The Morgan fingerprint density at radius 1 is 1.41 bits per heavy atom. The number of benzene rings is 1. The average Bonchev–Trinajstić information content (AvgIpc) is 2.72. The van der Waals surface area contributed by atoms with Gasteiger partial charge in [-0.05, 0) is 30.0 Å². The molecule has 1 heterocycles. The number of aliphatic hydroxyl groups is 1. The Balaban J connectivity index is 2.30. The van der Waals surface area contributed by atoms with Crippen molar-refractivity contribution in [2.24, 2.45) is 0 Å². The summed E-state index contributed by atoms with van der Waals surface area (Å²) >= 11 is 0. The lowest BCUT2D eigenvalue weighted by molar-refractivity contribution is -0.121. The zero-order chi connectivity index (χ0) is 12.3. The number of amides is 1. The lowest BCUT2D eigenvalue weighted by atomic mass is 10.2. The Hall–Kier alpha value is -1.81. The third-order valence-corrected chi connectivity index (χ3v) is 2.71. The molecular weight excluding hydrogens is 216 g/mol. The number of rotatable bonds is 4. The SMILES string of the molecule is CCNC(=O)Cn1ccc2ccc(CO)cc21. The van der Waals surface area contributed by atoms with Gasteiger partial charge in [-0.1, -0.05) is 12.1 Å². The van der Waals surface area contributed by atoms with Crippen molar-refractivity contribution in [2.45, 2.75) is 20.1 Å². The molecule has 0 fully saturated rings. The van der Waals surface area contributed by atoms with Crippen LogP contribution >= 0.6 is 0 Å². The van der Waals surface area contributed by atoms with Gasteiger partial charge in [0, 0.05) is 18.3 Å². The minimum absolute atomic E-state index is 0.000554. The van der Waals surface area contributed by atoms with Crippen molar-refractivity contribution >= 4 is 16.8 Å². The van der Waals surface area contributed by atoms with Gasteiger partial charge >= 0.3 is 0 Å². The van der Waals surface area contributed by atoms with E-state index in [0.717, 1.165) is 16.5 Å². The van der Waals surface area contributed by atoms with Crippen LogP contribution in [0, 0.1) is 0 Å². The predicted molar refractivity (Wildman–Crippen MR) is 66.5 cm³/mol. The summed E-state index contributed by atoms with van der Waals surface area (Å²) in [5, 5.41) is 12.9. The van der Waals surface area contributed by atoms with E-state index in [1.165, 1.54) is 0 Å². The van der Waals surface area contributed by atoms with Crippen molar-refractivity contribution in [3.05, 3.63) is 36.0 Å². The van der Waals surface area contributed by atoms with Gasteiger partial charge in [0.05, 0.1) is 6.61 Å². The van der Waals surface area contributed by atoms with Crippen LogP contribution in [0.4, 0.5) is 0 Å². The standard InChI is InChI=1S/C13H16N2O2/c1-2-14-13(17)8-15-6-5-11-4-3-10(9-16)7-12(11)15/h3-7,16H,2,8-9H2,1H3,(H,14,17). The molecular formula is C13H16N2O2. The second-order valence-electron chi connectivity index (χ2n) is 3.95. The summed E-state index contributed by atoms with van der Waals surface area (Å²) in [6, 6.07) is 7.72. The first-order chi connectivity index (χ1) is 8.24. The molecule has 2 aromatic rings. The highest BCUT2D eigenvalue weighted by Crippen LogP contribution is 2.17. The number of hydrogen-bond donors (Lipinski definition) is 2. The zero-order valence-electron chi connectivity index (χ0n) is 9.81. The molecule has 2 rings (SSSR count). The first kappa shape index (κ1) is 11.7. The molecule has 0 radical (unpaired) electrons. The minimum Gasteiger partial charge on any atom is -0.392 e.